The summed E-state index contributed by atoms with van der Waals surface area (Å²) in [4.78, 5) is 23.5. The van der Waals surface area contributed by atoms with E-state index in [1.165, 1.54) is 0 Å². The Morgan fingerprint density at radius 3 is 2.72 bits per heavy atom. The van der Waals surface area contributed by atoms with Crippen molar-refractivity contribution in [2.75, 3.05) is 6.61 Å². The average molecular weight is 349 g/mol. The van der Waals surface area contributed by atoms with Crippen LogP contribution in [0.25, 0.3) is 0 Å². The first-order chi connectivity index (χ1) is 11.8. The maximum atomic E-state index is 12.4. The number of fused-ring (bicyclic) bond motifs is 1. The van der Waals surface area contributed by atoms with E-state index < -0.39 is 12.1 Å². The van der Waals surface area contributed by atoms with Crippen molar-refractivity contribution in [3.05, 3.63) is 23.3 Å². The number of carbonyl (C=O) groups is 2. The zero-order valence-electron chi connectivity index (χ0n) is 15.2. The Morgan fingerprint density at radius 2 is 2.12 bits per heavy atom. The fourth-order valence-electron chi connectivity index (χ4n) is 2.89. The molecule has 0 aliphatic carbocycles. The minimum Gasteiger partial charge on any atom is -0.494 e. The molecule has 7 nitrogen and oxygen atoms in total. The molecule has 0 radical (unpaired) electrons. The molecule has 4 N–H and O–H groups in total. The second-order valence-electron chi connectivity index (χ2n) is 6.58. The molecule has 138 valence electrons. The van der Waals surface area contributed by atoms with E-state index in [0.717, 1.165) is 29.0 Å². The van der Waals surface area contributed by atoms with Gasteiger partial charge in [-0.3, -0.25) is 4.79 Å². The van der Waals surface area contributed by atoms with Crippen LogP contribution in [0.2, 0.25) is 0 Å². The molecule has 3 amide bonds. The van der Waals surface area contributed by atoms with Gasteiger partial charge >= 0.3 is 6.03 Å². The predicted molar refractivity (Wildman–Crippen MR) is 94.6 cm³/mol. The Morgan fingerprint density at radius 1 is 1.40 bits per heavy atom. The van der Waals surface area contributed by atoms with Crippen LogP contribution in [-0.4, -0.2) is 30.7 Å². The van der Waals surface area contributed by atoms with Gasteiger partial charge < -0.3 is 25.8 Å². The maximum absolute atomic E-state index is 12.4. The van der Waals surface area contributed by atoms with Crippen LogP contribution in [0, 0.1) is 5.92 Å². The molecule has 7 heteroatoms. The van der Waals surface area contributed by atoms with E-state index in [1.54, 1.807) is 0 Å². The molecule has 2 atom stereocenters. The minimum absolute atomic E-state index is 0.0805. The highest BCUT2D eigenvalue weighted by Crippen LogP contribution is 2.35. The van der Waals surface area contributed by atoms with Crippen LogP contribution in [0.5, 0.6) is 11.5 Å². The number of amides is 3. The Hall–Kier alpha value is -2.44. The van der Waals surface area contributed by atoms with Crippen LogP contribution in [0.1, 0.15) is 38.8 Å². The van der Waals surface area contributed by atoms with Crippen molar-refractivity contribution in [2.45, 2.75) is 52.8 Å². The van der Waals surface area contributed by atoms with Gasteiger partial charge in [0.1, 0.15) is 23.6 Å². The Bertz CT molecular complexity index is 645. The van der Waals surface area contributed by atoms with Gasteiger partial charge in [-0.15, -0.1) is 0 Å². The van der Waals surface area contributed by atoms with Crippen molar-refractivity contribution < 1.29 is 19.1 Å². The van der Waals surface area contributed by atoms with Crippen LogP contribution in [-0.2, 0) is 17.8 Å². The van der Waals surface area contributed by atoms with Crippen molar-refractivity contribution in [2.24, 2.45) is 11.7 Å². The topological polar surface area (TPSA) is 103 Å². The van der Waals surface area contributed by atoms with Gasteiger partial charge in [0, 0.05) is 24.1 Å². The van der Waals surface area contributed by atoms with Crippen LogP contribution < -0.4 is 25.8 Å². The number of benzene rings is 1. The molecule has 25 heavy (non-hydrogen) atoms. The molecule has 2 rings (SSSR count). The SMILES string of the molecule is CCOc1cc2c(cc1CNC(=O)[C@@H](NC(N)=O)C(C)C)O[C@H](C)C2. The third-order valence-electron chi connectivity index (χ3n) is 4.08. The lowest BCUT2D eigenvalue weighted by Crippen LogP contribution is -2.51. The van der Waals surface area contributed by atoms with Crippen LogP contribution >= 0.6 is 0 Å². The molecule has 0 bridgehead atoms. The largest absolute Gasteiger partial charge is 0.494 e. The molecule has 0 saturated heterocycles. The lowest BCUT2D eigenvalue weighted by atomic mass is 10.0. The van der Waals surface area contributed by atoms with Crippen LogP contribution in [0.15, 0.2) is 12.1 Å². The number of rotatable bonds is 7. The first-order valence-corrected chi connectivity index (χ1v) is 8.60. The predicted octanol–water partition coefficient (Wildman–Crippen LogP) is 1.72. The Kier molecular flexibility index (Phi) is 6.12. The molecule has 0 saturated carbocycles. The highest BCUT2D eigenvalue weighted by molar-refractivity contribution is 5.86. The van der Waals surface area contributed by atoms with Gasteiger partial charge in [-0.2, -0.15) is 0 Å². The molecule has 1 heterocycles. The molecular weight excluding hydrogens is 322 g/mol. The van der Waals surface area contributed by atoms with Gasteiger partial charge in [-0.1, -0.05) is 13.8 Å². The summed E-state index contributed by atoms with van der Waals surface area (Å²) >= 11 is 0. The van der Waals surface area contributed by atoms with E-state index in [2.05, 4.69) is 10.6 Å². The average Bonchev–Trinajstić information content (AvgIpc) is 2.88. The smallest absolute Gasteiger partial charge is 0.312 e. The molecule has 1 aliphatic rings. The number of urea groups is 1. The fraction of sp³-hybridized carbons (Fsp3) is 0.556. The number of hydrogen-bond acceptors (Lipinski definition) is 4. The normalized spacial score (nSPS) is 16.8. The third kappa shape index (κ3) is 4.78. The zero-order valence-corrected chi connectivity index (χ0v) is 15.2. The summed E-state index contributed by atoms with van der Waals surface area (Å²) < 4.78 is 11.5. The third-order valence-corrected chi connectivity index (χ3v) is 4.08. The molecular formula is C18H27N3O4. The van der Waals surface area contributed by atoms with Crippen LogP contribution in [0.4, 0.5) is 4.79 Å². The van der Waals surface area contributed by atoms with E-state index in [4.69, 9.17) is 15.2 Å². The standard InChI is InChI=1S/C18H27N3O4/c1-5-24-14-7-12-6-11(4)25-15(12)8-13(14)9-20-17(22)16(10(2)3)21-18(19)23/h7-8,10-11,16H,5-6,9H2,1-4H3,(H,20,22)(H3,19,21,23)/t11-,16+/m1/s1. The van der Waals surface area contributed by atoms with E-state index in [1.807, 2.05) is 39.8 Å². The second kappa shape index (κ2) is 8.09. The molecule has 0 aromatic heterocycles. The number of ether oxygens (including phenoxy) is 2. The van der Waals surface area contributed by atoms with E-state index in [0.29, 0.717) is 6.61 Å². The quantitative estimate of drug-likeness (QED) is 0.697. The highest BCUT2D eigenvalue weighted by atomic mass is 16.5. The van der Waals surface area contributed by atoms with Crippen molar-refractivity contribution in [3.8, 4) is 11.5 Å². The number of nitrogens with one attached hydrogen (secondary N) is 2. The molecule has 0 fully saturated rings. The number of nitrogens with two attached hydrogens (primary N) is 1. The van der Waals surface area contributed by atoms with Crippen molar-refractivity contribution >= 4 is 11.9 Å². The van der Waals surface area contributed by atoms with Crippen molar-refractivity contribution in [3.63, 3.8) is 0 Å². The molecule has 1 aromatic rings. The van der Waals surface area contributed by atoms with Crippen molar-refractivity contribution in [1.82, 2.24) is 10.6 Å². The summed E-state index contributed by atoms with van der Waals surface area (Å²) in [5.74, 6) is 1.20. The van der Waals surface area contributed by atoms with E-state index >= 15 is 0 Å². The highest BCUT2D eigenvalue weighted by Gasteiger charge is 2.25. The summed E-state index contributed by atoms with van der Waals surface area (Å²) in [5.41, 5.74) is 7.10. The number of carbonyl (C=O) groups excluding carboxylic acids is 2. The fourth-order valence-corrected chi connectivity index (χ4v) is 2.89. The summed E-state index contributed by atoms with van der Waals surface area (Å²) in [6, 6.07) is 2.49. The monoisotopic (exact) mass is 349 g/mol. The first-order valence-electron chi connectivity index (χ1n) is 8.60. The van der Waals surface area contributed by atoms with Gasteiger partial charge in [0.2, 0.25) is 5.91 Å². The maximum Gasteiger partial charge on any atom is 0.312 e. The van der Waals surface area contributed by atoms with Crippen LogP contribution in [0.3, 0.4) is 0 Å². The summed E-state index contributed by atoms with van der Waals surface area (Å²) in [6.45, 7) is 8.44. The van der Waals surface area contributed by atoms with Gasteiger partial charge in [0.15, 0.2) is 0 Å². The van der Waals surface area contributed by atoms with Gasteiger partial charge in [0.25, 0.3) is 0 Å². The summed E-state index contributed by atoms with van der Waals surface area (Å²) in [5, 5.41) is 5.32. The molecule has 1 aliphatic heterocycles. The Labute approximate surface area is 148 Å². The van der Waals surface area contributed by atoms with Gasteiger partial charge in [-0.25, -0.2) is 4.79 Å². The van der Waals surface area contributed by atoms with Gasteiger partial charge in [-0.05, 0) is 31.9 Å². The lowest BCUT2D eigenvalue weighted by molar-refractivity contribution is -0.124. The lowest BCUT2D eigenvalue weighted by Gasteiger charge is -2.21. The summed E-state index contributed by atoms with van der Waals surface area (Å²) in [6.07, 6.45) is 0.986. The zero-order chi connectivity index (χ0) is 18.6. The van der Waals surface area contributed by atoms with E-state index in [9.17, 15) is 9.59 Å². The van der Waals surface area contributed by atoms with Gasteiger partial charge in [0.05, 0.1) is 6.61 Å². The first kappa shape index (κ1) is 18.9. The second-order valence-corrected chi connectivity index (χ2v) is 6.58. The number of hydrogen-bond donors (Lipinski definition) is 3. The van der Waals surface area contributed by atoms with E-state index in [-0.39, 0.29) is 24.5 Å². The molecule has 1 aromatic carbocycles. The minimum atomic E-state index is -0.719. The molecule has 0 unspecified atom stereocenters. The van der Waals surface area contributed by atoms with Crippen molar-refractivity contribution in [1.29, 1.82) is 0 Å². The number of primary amides is 1. The Balaban J connectivity index is 2.12. The molecule has 0 spiro atoms. The summed E-state index contributed by atoms with van der Waals surface area (Å²) in [7, 11) is 0.